The van der Waals surface area contributed by atoms with Gasteiger partial charge in [0.25, 0.3) is 0 Å². The topological polar surface area (TPSA) is 75.7 Å². The Kier molecular flexibility index (Phi) is 4.02. The summed E-state index contributed by atoms with van der Waals surface area (Å²) in [5.41, 5.74) is 0.390. The van der Waals surface area contributed by atoms with Crippen molar-refractivity contribution in [3.63, 3.8) is 0 Å². The molecule has 0 spiro atoms. The minimum absolute atomic E-state index is 0.0395. The van der Waals surface area contributed by atoms with Gasteiger partial charge >= 0.3 is 6.03 Å². The van der Waals surface area contributed by atoms with Crippen molar-refractivity contribution < 1.29 is 19.1 Å². The van der Waals surface area contributed by atoms with Crippen molar-refractivity contribution in [3.05, 3.63) is 24.3 Å². The zero-order valence-corrected chi connectivity index (χ0v) is 11.4. The third-order valence-corrected chi connectivity index (χ3v) is 3.00. The van der Waals surface area contributed by atoms with Crippen LogP contribution in [-0.4, -0.2) is 23.9 Å². The Labute approximate surface area is 116 Å². The van der Waals surface area contributed by atoms with E-state index in [1.54, 1.807) is 24.3 Å². The summed E-state index contributed by atoms with van der Waals surface area (Å²) in [7, 11) is 0. The van der Waals surface area contributed by atoms with E-state index in [0.29, 0.717) is 11.4 Å². The Morgan fingerprint density at radius 1 is 1.35 bits per heavy atom. The smallest absolute Gasteiger partial charge is 0.335 e. The molecule has 1 heterocycles. The molecule has 1 aromatic rings. The van der Waals surface area contributed by atoms with Crippen LogP contribution in [0.25, 0.3) is 0 Å². The van der Waals surface area contributed by atoms with E-state index < -0.39 is 17.8 Å². The van der Waals surface area contributed by atoms with Gasteiger partial charge in [0.15, 0.2) is 0 Å². The second-order valence-electron chi connectivity index (χ2n) is 4.59. The highest BCUT2D eigenvalue weighted by Crippen LogP contribution is 2.24. The lowest BCUT2D eigenvalue weighted by Crippen LogP contribution is -2.52. The summed E-state index contributed by atoms with van der Waals surface area (Å²) in [4.78, 5) is 35.6. The Hall–Kier alpha value is -2.37. The van der Waals surface area contributed by atoms with Crippen LogP contribution in [0.4, 0.5) is 10.5 Å². The molecule has 0 saturated carbocycles. The number of anilines is 1. The van der Waals surface area contributed by atoms with Crippen molar-refractivity contribution in [2.45, 2.75) is 32.8 Å². The summed E-state index contributed by atoms with van der Waals surface area (Å²) in [6, 6.07) is 5.96. The molecule has 6 nitrogen and oxygen atoms in total. The summed E-state index contributed by atoms with van der Waals surface area (Å²) in [6.07, 6.45) is 0.557. The van der Waals surface area contributed by atoms with Crippen molar-refractivity contribution in [2.75, 3.05) is 4.90 Å². The molecule has 0 aliphatic carbocycles. The maximum Gasteiger partial charge on any atom is 0.335 e. The van der Waals surface area contributed by atoms with Gasteiger partial charge in [-0.1, -0.05) is 13.0 Å². The fraction of sp³-hybridized carbons (Fsp3) is 0.357. The van der Waals surface area contributed by atoms with Crippen molar-refractivity contribution in [3.8, 4) is 5.75 Å². The summed E-state index contributed by atoms with van der Waals surface area (Å²) >= 11 is 0. The molecule has 0 radical (unpaired) electrons. The molecule has 4 amide bonds. The van der Waals surface area contributed by atoms with Gasteiger partial charge in [-0.2, -0.15) is 0 Å². The van der Waals surface area contributed by atoms with Crippen molar-refractivity contribution in [1.29, 1.82) is 0 Å². The Morgan fingerprint density at radius 2 is 2.10 bits per heavy atom. The Balaban J connectivity index is 2.24. The Morgan fingerprint density at radius 3 is 2.75 bits per heavy atom. The Bertz CT molecular complexity index is 536. The molecule has 1 aromatic carbocycles. The molecular formula is C14H16N2O4. The number of nitrogens with one attached hydrogen (secondary N) is 1. The van der Waals surface area contributed by atoms with Gasteiger partial charge in [0.1, 0.15) is 12.2 Å². The van der Waals surface area contributed by atoms with E-state index in [1.165, 1.54) is 0 Å². The standard InChI is InChI=1S/C14H16N2O4/c1-3-9(2)20-11-6-4-5-10(7-11)16-13(18)8-12(17)15-14(16)19/h4-7,9H,3,8H2,1-2H3,(H,15,17,19). The van der Waals surface area contributed by atoms with Gasteiger partial charge in [0.2, 0.25) is 11.8 Å². The maximum absolute atomic E-state index is 11.8. The molecule has 0 bridgehead atoms. The lowest BCUT2D eigenvalue weighted by Gasteiger charge is -2.25. The van der Waals surface area contributed by atoms with Gasteiger partial charge < -0.3 is 4.74 Å². The summed E-state index contributed by atoms with van der Waals surface area (Å²) in [6.45, 7) is 3.94. The SMILES string of the molecule is CCC(C)Oc1cccc(N2C(=O)CC(=O)NC2=O)c1. The number of nitrogens with zero attached hydrogens (tertiary/aromatic N) is 1. The van der Waals surface area contributed by atoms with Crippen LogP contribution in [0.2, 0.25) is 0 Å². The number of hydrogen-bond acceptors (Lipinski definition) is 4. The molecule has 2 rings (SSSR count). The lowest BCUT2D eigenvalue weighted by molar-refractivity contribution is -0.128. The van der Waals surface area contributed by atoms with Gasteiger partial charge in [0, 0.05) is 6.07 Å². The highest BCUT2D eigenvalue weighted by molar-refractivity contribution is 6.26. The summed E-state index contributed by atoms with van der Waals surface area (Å²) in [5.74, 6) is -0.544. The molecular weight excluding hydrogens is 260 g/mol. The maximum atomic E-state index is 11.8. The molecule has 1 aliphatic heterocycles. The number of ether oxygens (including phenoxy) is 1. The molecule has 20 heavy (non-hydrogen) atoms. The summed E-state index contributed by atoms with van der Waals surface area (Å²) < 4.78 is 5.65. The minimum atomic E-state index is -0.730. The molecule has 0 aromatic heterocycles. The number of amides is 4. The first kappa shape index (κ1) is 14.0. The van der Waals surface area contributed by atoms with E-state index in [0.717, 1.165) is 11.3 Å². The van der Waals surface area contributed by atoms with Crippen LogP contribution in [0.3, 0.4) is 0 Å². The zero-order valence-electron chi connectivity index (χ0n) is 11.4. The number of urea groups is 1. The van der Waals surface area contributed by atoms with E-state index in [9.17, 15) is 14.4 Å². The number of hydrogen-bond donors (Lipinski definition) is 1. The van der Waals surface area contributed by atoms with Gasteiger partial charge in [-0.25, -0.2) is 9.69 Å². The second-order valence-corrected chi connectivity index (χ2v) is 4.59. The number of barbiturate groups is 1. The highest BCUT2D eigenvalue weighted by atomic mass is 16.5. The highest BCUT2D eigenvalue weighted by Gasteiger charge is 2.32. The van der Waals surface area contributed by atoms with Crippen LogP contribution < -0.4 is 15.0 Å². The van der Waals surface area contributed by atoms with Crippen molar-refractivity contribution >= 4 is 23.5 Å². The largest absolute Gasteiger partial charge is 0.491 e. The van der Waals surface area contributed by atoms with E-state index in [2.05, 4.69) is 5.32 Å². The van der Waals surface area contributed by atoms with Crippen molar-refractivity contribution in [2.24, 2.45) is 0 Å². The second kappa shape index (κ2) is 5.73. The van der Waals surface area contributed by atoms with Crippen LogP contribution in [-0.2, 0) is 9.59 Å². The normalized spacial score (nSPS) is 16.9. The van der Waals surface area contributed by atoms with E-state index in [-0.39, 0.29) is 12.5 Å². The number of rotatable bonds is 4. The molecule has 1 unspecified atom stereocenters. The third kappa shape index (κ3) is 2.96. The number of carbonyl (C=O) groups excluding carboxylic acids is 3. The van der Waals surface area contributed by atoms with Crippen molar-refractivity contribution in [1.82, 2.24) is 5.32 Å². The van der Waals surface area contributed by atoms with Crippen LogP contribution >= 0.6 is 0 Å². The number of carbonyl (C=O) groups is 3. The molecule has 1 fully saturated rings. The fourth-order valence-electron chi connectivity index (χ4n) is 1.82. The molecule has 1 N–H and O–H groups in total. The number of imide groups is 2. The fourth-order valence-corrected chi connectivity index (χ4v) is 1.82. The van der Waals surface area contributed by atoms with Crippen LogP contribution in [0.5, 0.6) is 5.75 Å². The van der Waals surface area contributed by atoms with E-state index >= 15 is 0 Å². The predicted molar refractivity (Wildman–Crippen MR) is 72.5 cm³/mol. The van der Waals surface area contributed by atoms with Crippen LogP contribution in [0, 0.1) is 0 Å². The molecule has 1 aliphatic rings. The average molecular weight is 276 g/mol. The van der Waals surface area contributed by atoms with Gasteiger partial charge in [0.05, 0.1) is 11.8 Å². The lowest BCUT2D eigenvalue weighted by atomic mass is 10.2. The molecule has 1 atom stereocenters. The van der Waals surface area contributed by atoms with Gasteiger partial charge in [-0.15, -0.1) is 0 Å². The molecule has 6 heteroatoms. The zero-order chi connectivity index (χ0) is 14.7. The molecule has 106 valence electrons. The first-order valence-corrected chi connectivity index (χ1v) is 6.44. The third-order valence-electron chi connectivity index (χ3n) is 3.00. The molecule has 1 saturated heterocycles. The number of benzene rings is 1. The van der Waals surface area contributed by atoms with Crippen LogP contribution in [0.15, 0.2) is 24.3 Å². The van der Waals surface area contributed by atoms with E-state index in [1.807, 2.05) is 13.8 Å². The monoisotopic (exact) mass is 276 g/mol. The quantitative estimate of drug-likeness (QED) is 0.851. The van der Waals surface area contributed by atoms with E-state index in [4.69, 9.17) is 4.74 Å². The minimum Gasteiger partial charge on any atom is -0.491 e. The van der Waals surface area contributed by atoms with Gasteiger partial charge in [-0.3, -0.25) is 14.9 Å². The first-order valence-electron chi connectivity index (χ1n) is 6.44. The first-order chi connectivity index (χ1) is 9.51. The predicted octanol–water partition coefficient (Wildman–Crippen LogP) is 1.84. The van der Waals surface area contributed by atoms with Gasteiger partial charge in [-0.05, 0) is 25.5 Å². The average Bonchev–Trinajstić information content (AvgIpc) is 2.37. The van der Waals surface area contributed by atoms with Crippen LogP contribution in [0.1, 0.15) is 26.7 Å². The summed E-state index contributed by atoms with van der Waals surface area (Å²) in [5, 5.41) is 2.12.